The Hall–Kier alpha value is -2.38. The molecule has 0 bridgehead atoms. The van der Waals surface area contributed by atoms with E-state index in [2.05, 4.69) is 23.8 Å². The first-order valence-electron chi connectivity index (χ1n) is 10.1. The lowest BCUT2D eigenvalue weighted by Crippen LogP contribution is -2.40. The Kier molecular flexibility index (Phi) is 5.36. The average molecular weight is 417 g/mol. The number of carbonyl (C=O) groups is 1. The number of carbonyl (C=O) groups excluding carboxylic acids is 1. The summed E-state index contributed by atoms with van der Waals surface area (Å²) in [5.41, 5.74) is 1.87. The largest absolute Gasteiger partial charge is 0.393 e. The molecule has 4 rings (SSSR count). The predicted molar refractivity (Wildman–Crippen MR) is 113 cm³/mol. The fraction of sp³-hybridized carbons (Fsp3) is 0.476. The van der Waals surface area contributed by atoms with Gasteiger partial charge in [0.2, 0.25) is 0 Å². The monoisotopic (exact) mass is 416 g/mol. The summed E-state index contributed by atoms with van der Waals surface area (Å²) in [6, 6.07) is 3.39. The summed E-state index contributed by atoms with van der Waals surface area (Å²) in [6.45, 7) is 5.18. The number of piperidine rings is 1. The number of H-pyrrole nitrogens is 1. The van der Waals surface area contributed by atoms with E-state index in [-0.39, 0.29) is 23.5 Å². The van der Waals surface area contributed by atoms with Crippen LogP contribution < -0.4 is 5.56 Å². The fourth-order valence-corrected chi connectivity index (χ4v) is 4.40. The van der Waals surface area contributed by atoms with Crippen molar-refractivity contribution in [3.05, 3.63) is 45.1 Å². The van der Waals surface area contributed by atoms with Gasteiger partial charge in [0, 0.05) is 19.0 Å². The number of halogens is 1. The molecule has 1 saturated heterocycles. The topological polar surface area (TPSA) is 90.7 Å². The molecular weight excluding hydrogens is 392 g/mol. The smallest absolute Gasteiger partial charge is 0.274 e. The third-order valence-corrected chi connectivity index (χ3v) is 6.24. The van der Waals surface area contributed by atoms with E-state index in [1.54, 1.807) is 23.2 Å². The van der Waals surface area contributed by atoms with Crippen LogP contribution in [0.1, 0.15) is 61.6 Å². The van der Waals surface area contributed by atoms with Crippen LogP contribution in [0, 0.1) is 0 Å². The Bertz CT molecular complexity index is 1120. The van der Waals surface area contributed by atoms with Crippen molar-refractivity contribution < 1.29 is 9.90 Å². The predicted octanol–water partition coefficient (Wildman–Crippen LogP) is 3.33. The van der Waals surface area contributed by atoms with Crippen molar-refractivity contribution in [3.63, 3.8) is 0 Å². The number of rotatable bonds is 4. The molecule has 1 aliphatic rings. The molecule has 0 spiro atoms. The van der Waals surface area contributed by atoms with Gasteiger partial charge in [0.1, 0.15) is 11.3 Å². The second-order valence-electron chi connectivity index (χ2n) is 7.68. The number of imidazole rings is 1. The molecule has 2 N–H and O–H groups in total. The van der Waals surface area contributed by atoms with Crippen molar-refractivity contribution in [3.8, 4) is 0 Å². The van der Waals surface area contributed by atoms with Gasteiger partial charge in [0.05, 0.1) is 33.9 Å². The Morgan fingerprint density at radius 2 is 1.97 bits per heavy atom. The van der Waals surface area contributed by atoms with Gasteiger partial charge in [-0.05, 0) is 37.8 Å². The van der Waals surface area contributed by atoms with Crippen LogP contribution >= 0.6 is 11.6 Å². The summed E-state index contributed by atoms with van der Waals surface area (Å²) < 4.78 is 1.86. The number of amides is 1. The first-order valence-corrected chi connectivity index (χ1v) is 10.5. The molecule has 0 aliphatic carbocycles. The SMILES string of the molecule is CCC(CC)c1ncc2c(=O)[nH]c3cc(C(=O)N4CCC(O)CC4)c(Cl)cc3n12. The molecule has 0 unspecified atom stereocenters. The number of benzene rings is 1. The van der Waals surface area contributed by atoms with E-state index >= 15 is 0 Å². The number of nitrogens with one attached hydrogen (secondary N) is 1. The van der Waals surface area contributed by atoms with Crippen LogP contribution in [0.3, 0.4) is 0 Å². The number of aromatic amines is 1. The fourth-order valence-electron chi connectivity index (χ4n) is 4.16. The van der Waals surface area contributed by atoms with Crippen molar-refractivity contribution in [1.82, 2.24) is 19.3 Å². The van der Waals surface area contributed by atoms with E-state index in [0.29, 0.717) is 47.6 Å². The second kappa shape index (κ2) is 7.80. The summed E-state index contributed by atoms with van der Waals surface area (Å²) in [7, 11) is 0. The number of aromatic nitrogens is 3. The molecule has 2 aromatic heterocycles. The highest BCUT2D eigenvalue weighted by atomic mass is 35.5. The number of likely N-dealkylation sites (tertiary alicyclic amines) is 1. The van der Waals surface area contributed by atoms with Gasteiger partial charge in [-0.2, -0.15) is 0 Å². The van der Waals surface area contributed by atoms with Gasteiger partial charge < -0.3 is 15.0 Å². The maximum atomic E-state index is 13.0. The highest BCUT2D eigenvalue weighted by molar-refractivity contribution is 6.34. The van der Waals surface area contributed by atoms with Crippen LogP contribution in [0.15, 0.2) is 23.1 Å². The van der Waals surface area contributed by atoms with Crippen LogP contribution in [0.25, 0.3) is 16.6 Å². The standard InChI is InChI=1S/C21H25ClN4O3/c1-3-12(4-2)19-23-11-18-20(28)24-16-9-14(15(22)10-17(16)26(18)19)21(29)25-7-5-13(27)6-8-25/h9-13,27H,3-8H2,1-2H3,(H,24,28). The highest BCUT2D eigenvalue weighted by Crippen LogP contribution is 2.29. The van der Waals surface area contributed by atoms with Gasteiger partial charge in [-0.25, -0.2) is 4.98 Å². The van der Waals surface area contributed by atoms with Gasteiger partial charge in [0.25, 0.3) is 11.5 Å². The maximum absolute atomic E-state index is 13.0. The minimum absolute atomic E-state index is 0.185. The van der Waals surface area contributed by atoms with Crippen LogP contribution in [-0.4, -0.2) is 49.5 Å². The van der Waals surface area contributed by atoms with Crippen molar-refractivity contribution >= 4 is 34.1 Å². The normalized spacial score (nSPS) is 15.7. The lowest BCUT2D eigenvalue weighted by Gasteiger charge is -2.30. The number of hydrogen-bond acceptors (Lipinski definition) is 4. The molecule has 8 heteroatoms. The van der Waals surface area contributed by atoms with Crippen molar-refractivity contribution in [2.45, 2.75) is 51.6 Å². The molecule has 0 atom stereocenters. The first kappa shape index (κ1) is 19.9. The van der Waals surface area contributed by atoms with E-state index in [0.717, 1.165) is 24.2 Å². The number of fused-ring (bicyclic) bond motifs is 3. The molecule has 3 aromatic rings. The Labute approximate surface area is 173 Å². The zero-order valence-electron chi connectivity index (χ0n) is 16.6. The Morgan fingerprint density at radius 1 is 1.28 bits per heavy atom. The molecule has 154 valence electrons. The summed E-state index contributed by atoms with van der Waals surface area (Å²) in [6.07, 6.45) is 4.17. The molecule has 1 aromatic carbocycles. The molecule has 1 aliphatic heterocycles. The van der Waals surface area contributed by atoms with Gasteiger partial charge in [-0.3, -0.25) is 14.0 Å². The molecule has 0 saturated carbocycles. The molecule has 3 heterocycles. The molecule has 29 heavy (non-hydrogen) atoms. The number of aliphatic hydroxyl groups is 1. The van der Waals surface area contributed by atoms with Crippen LogP contribution in [-0.2, 0) is 0 Å². The zero-order valence-corrected chi connectivity index (χ0v) is 17.4. The van der Waals surface area contributed by atoms with E-state index in [1.807, 2.05) is 4.40 Å². The minimum Gasteiger partial charge on any atom is -0.393 e. The average Bonchev–Trinajstić information content (AvgIpc) is 3.15. The number of aliphatic hydroxyl groups excluding tert-OH is 1. The lowest BCUT2D eigenvalue weighted by atomic mass is 10.0. The van der Waals surface area contributed by atoms with Crippen molar-refractivity contribution in [2.75, 3.05) is 13.1 Å². The number of hydrogen-bond donors (Lipinski definition) is 2. The van der Waals surface area contributed by atoms with Crippen LogP contribution in [0.5, 0.6) is 0 Å². The maximum Gasteiger partial charge on any atom is 0.274 e. The second-order valence-corrected chi connectivity index (χ2v) is 8.08. The van der Waals surface area contributed by atoms with Crippen LogP contribution in [0.4, 0.5) is 0 Å². The quantitative estimate of drug-likeness (QED) is 0.682. The lowest BCUT2D eigenvalue weighted by molar-refractivity contribution is 0.0547. The van der Waals surface area contributed by atoms with Gasteiger partial charge in [-0.15, -0.1) is 0 Å². The first-order chi connectivity index (χ1) is 13.9. The zero-order chi connectivity index (χ0) is 20.7. The van der Waals surface area contributed by atoms with Crippen molar-refractivity contribution in [1.29, 1.82) is 0 Å². The van der Waals surface area contributed by atoms with E-state index < -0.39 is 0 Å². The summed E-state index contributed by atoms with van der Waals surface area (Å²) in [5, 5.41) is 10.0. The minimum atomic E-state index is -0.361. The third-order valence-electron chi connectivity index (χ3n) is 5.93. The van der Waals surface area contributed by atoms with Gasteiger partial charge in [-0.1, -0.05) is 25.4 Å². The van der Waals surface area contributed by atoms with Gasteiger partial charge >= 0.3 is 0 Å². The van der Waals surface area contributed by atoms with Crippen molar-refractivity contribution in [2.24, 2.45) is 0 Å². The van der Waals surface area contributed by atoms with E-state index in [4.69, 9.17) is 11.6 Å². The molecule has 7 nitrogen and oxygen atoms in total. The third kappa shape index (κ3) is 3.42. The van der Waals surface area contributed by atoms with Crippen LogP contribution in [0.2, 0.25) is 5.02 Å². The molecular formula is C21H25ClN4O3. The molecule has 1 amide bonds. The summed E-state index contributed by atoms with van der Waals surface area (Å²) >= 11 is 6.53. The number of nitrogens with zero attached hydrogens (tertiary/aromatic N) is 3. The Balaban J connectivity index is 1.86. The van der Waals surface area contributed by atoms with Gasteiger partial charge in [0.15, 0.2) is 0 Å². The highest BCUT2D eigenvalue weighted by Gasteiger charge is 2.25. The van der Waals surface area contributed by atoms with E-state index in [1.165, 1.54) is 0 Å². The molecule has 1 fully saturated rings. The molecule has 0 radical (unpaired) electrons. The summed E-state index contributed by atoms with van der Waals surface area (Å²) in [5.74, 6) is 0.874. The van der Waals surface area contributed by atoms with E-state index in [9.17, 15) is 14.7 Å². The summed E-state index contributed by atoms with van der Waals surface area (Å²) in [4.78, 5) is 34.7. The Morgan fingerprint density at radius 3 is 2.62 bits per heavy atom.